The molecule has 1 aliphatic rings. The predicted octanol–water partition coefficient (Wildman–Crippen LogP) is 5.11. The number of alkyl halides is 2. The fourth-order valence-electron chi connectivity index (χ4n) is 5.78. The standard InChI is InChI=1S/C29H27F3N6O2S/c1-19-11-27-21(15-35-38(27)23-6-4-22(30)5-7-23)12-25(19)29(13-20-3-8-26(28(31)32)33-14-20)9-10-37(18-29)41(39,40)24-16-34-36(2)17-24/h3-8,11-12,14-17,28H,9-10,13,18H2,1-2H3. The molecular formula is C29H27F3N6O2S. The van der Waals surface area contributed by atoms with Gasteiger partial charge >= 0.3 is 0 Å². The third-order valence-electron chi connectivity index (χ3n) is 7.81. The van der Waals surface area contributed by atoms with Crippen LogP contribution in [-0.4, -0.2) is 50.4 Å². The van der Waals surface area contributed by atoms with Crippen LogP contribution in [0.15, 0.2) is 78.2 Å². The Hall–Kier alpha value is -4.03. The van der Waals surface area contributed by atoms with Crippen molar-refractivity contribution < 1.29 is 21.6 Å². The number of aromatic nitrogens is 5. The van der Waals surface area contributed by atoms with E-state index in [1.54, 1.807) is 36.1 Å². The van der Waals surface area contributed by atoms with E-state index in [2.05, 4.69) is 15.2 Å². The maximum atomic E-state index is 13.6. The van der Waals surface area contributed by atoms with E-state index in [9.17, 15) is 21.6 Å². The zero-order valence-corrected chi connectivity index (χ0v) is 23.2. The number of hydrogen-bond acceptors (Lipinski definition) is 5. The van der Waals surface area contributed by atoms with E-state index in [-0.39, 0.29) is 29.5 Å². The van der Waals surface area contributed by atoms with Gasteiger partial charge in [-0.3, -0.25) is 9.67 Å². The van der Waals surface area contributed by atoms with Crippen LogP contribution in [-0.2, 0) is 28.9 Å². The molecule has 0 saturated carbocycles. The van der Waals surface area contributed by atoms with Crippen molar-refractivity contribution in [3.8, 4) is 5.69 Å². The second-order valence-corrected chi connectivity index (χ2v) is 12.5. The van der Waals surface area contributed by atoms with Gasteiger partial charge in [-0.05, 0) is 78.9 Å². The Morgan fingerprint density at radius 2 is 1.80 bits per heavy atom. The molecule has 4 heterocycles. The average Bonchev–Trinajstić information content (AvgIpc) is 3.68. The Morgan fingerprint density at radius 1 is 1.02 bits per heavy atom. The van der Waals surface area contributed by atoms with Crippen molar-refractivity contribution in [3.63, 3.8) is 0 Å². The van der Waals surface area contributed by atoms with Crippen LogP contribution in [0.3, 0.4) is 0 Å². The van der Waals surface area contributed by atoms with Crippen LogP contribution in [0, 0.1) is 12.7 Å². The molecule has 1 aliphatic heterocycles. The lowest BCUT2D eigenvalue weighted by atomic mass is 9.73. The zero-order chi connectivity index (χ0) is 28.9. The van der Waals surface area contributed by atoms with E-state index < -0.39 is 21.9 Å². The summed E-state index contributed by atoms with van der Waals surface area (Å²) in [7, 11) is -2.15. The maximum absolute atomic E-state index is 13.6. The number of fused-ring (bicyclic) bond motifs is 1. The van der Waals surface area contributed by atoms with Gasteiger partial charge in [0.05, 0.1) is 23.6 Å². The van der Waals surface area contributed by atoms with Gasteiger partial charge in [-0.15, -0.1) is 0 Å². The molecule has 0 aliphatic carbocycles. The quantitative estimate of drug-likeness (QED) is 0.267. The minimum Gasteiger partial charge on any atom is -0.274 e. The first-order chi connectivity index (χ1) is 19.6. The summed E-state index contributed by atoms with van der Waals surface area (Å²) in [5.74, 6) is -0.339. The van der Waals surface area contributed by atoms with Gasteiger partial charge in [-0.2, -0.15) is 14.5 Å². The molecule has 41 heavy (non-hydrogen) atoms. The first kappa shape index (κ1) is 27.2. The first-order valence-electron chi connectivity index (χ1n) is 13.0. The van der Waals surface area contributed by atoms with Gasteiger partial charge < -0.3 is 0 Å². The number of benzene rings is 2. The fraction of sp³-hybridized carbons (Fsp3) is 0.276. The van der Waals surface area contributed by atoms with Crippen LogP contribution in [0.5, 0.6) is 0 Å². The molecule has 6 rings (SSSR count). The summed E-state index contributed by atoms with van der Waals surface area (Å²) in [5, 5.41) is 9.40. The van der Waals surface area contributed by atoms with E-state index in [0.717, 1.165) is 27.6 Å². The van der Waals surface area contributed by atoms with E-state index >= 15 is 0 Å². The summed E-state index contributed by atoms with van der Waals surface area (Å²) in [6, 6.07) is 13.0. The third-order valence-corrected chi connectivity index (χ3v) is 9.61. The largest absolute Gasteiger partial charge is 0.280 e. The minimum atomic E-state index is -3.81. The average molecular weight is 581 g/mol. The lowest BCUT2D eigenvalue weighted by molar-refractivity contribution is 0.146. The molecule has 0 radical (unpaired) electrons. The van der Waals surface area contributed by atoms with Gasteiger partial charge in [0, 0.05) is 43.3 Å². The lowest BCUT2D eigenvalue weighted by Gasteiger charge is -2.32. The highest BCUT2D eigenvalue weighted by molar-refractivity contribution is 7.89. The lowest BCUT2D eigenvalue weighted by Crippen LogP contribution is -2.36. The number of rotatable bonds is 7. The van der Waals surface area contributed by atoms with Crippen LogP contribution in [0.1, 0.15) is 35.2 Å². The Kier molecular flexibility index (Phi) is 6.69. The Balaban J connectivity index is 1.43. The van der Waals surface area contributed by atoms with Crippen LogP contribution in [0.25, 0.3) is 16.6 Å². The van der Waals surface area contributed by atoms with Gasteiger partial charge in [-0.25, -0.2) is 26.3 Å². The molecule has 0 spiro atoms. The van der Waals surface area contributed by atoms with Crippen LogP contribution in [0.4, 0.5) is 13.2 Å². The molecule has 1 fully saturated rings. The molecule has 1 atom stereocenters. The molecule has 2 aromatic carbocycles. The Bertz CT molecular complexity index is 1830. The van der Waals surface area contributed by atoms with Crippen molar-refractivity contribution in [1.29, 1.82) is 0 Å². The SMILES string of the molecule is Cc1cc2c(cnn2-c2ccc(F)cc2)cc1C1(Cc2ccc(C(F)F)nc2)CCN(S(=O)(=O)c2cnn(C)c2)C1. The highest BCUT2D eigenvalue weighted by Gasteiger charge is 2.45. The zero-order valence-electron chi connectivity index (χ0n) is 22.4. The van der Waals surface area contributed by atoms with Gasteiger partial charge in [0.15, 0.2) is 0 Å². The molecule has 3 aromatic heterocycles. The van der Waals surface area contributed by atoms with Crippen LogP contribution in [0.2, 0.25) is 0 Å². The number of halogens is 3. The van der Waals surface area contributed by atoms with E-state index in [4.69, 9.17) is 0 Å². The molecule has 5 aromatic rings. The van der Waals surface area contributed by atoms with Crippen molar-refractivity contribution in [3.05, 3.63) is 102 Å². The molecule has 0 bridgehead atoms. The molecule has 12 heteroatoms. The number of sulfonamides is 1. The highest BCUT2D eigenvalue weighted by atomic mass is 32.2. The van der Waals surface area contributed by atoms with Crippen molar-refractivity contribution in [2.24, 2.45) is 7.05 Å². The summed E-state index contributed by atoms with van der Waals surface area (Å²) < 4.78 is 71.6. The van der Waals surface area contributed by atoms with Gasteiger partial charge in [0.1, 0.15) is 16.4 Å². The van der Waals surface area contributed by atoms with Crippen molar-refractivity contribution in [2.45, 2.75) is 36.5 Å². The monoisotopic (exact) mass is 580 g/mol. The van der Waals surface area contributed by atoms with Crippen molar-refractivity contribution >= 4 is 20.9 Å². The smallest absolute Gasteiger partial charge is 0.274 e. The van der Waals surface area contributed by atoms with Crippen molar-refractivity contribution in [2.75, 3.05) is 13.1 Å². The Labute approximate surface area is 235 Å². The summed E-state index contributed by atoms with van der Waals surface area (Å²) >= 11 is 0. The second kappa shape index (κ2) is 10.1. The molecule has 0 amide bonds. The van der Waals surface area contributed by atoms with Crippen LogP contribution >= 0.6 is 0 Å². The Morgan fingerprint density at radius 3 is 2.46 bits per heavy atom. The second-order valence-electron chi connectivity index (χ2n) is 10.5. The summed E-state index contributed by atoms with van der Waals surface area (Å²) in [6.45, 7) is 2.44. The number of pyridine rings is 1. The molecule has 8 nitrogen and oxygen atoms in total. The molecule has 1 unspecified atom stereocenters. The van der Waals surface area contributed by atoms with Gasteiger partial charge in [-0.1, -0.05) is 6.07 Å². The maximum Gasteiger partial charge on any atom is 0.280 e. The summed E-state index contributed by atoms with van der Waals surface area (Å²) in [6.07, 6.45) is 4.23. The minimum absolute atomic E-state index is 0.117. The van der Waals surface area contributed by atoms with E-state index in [0.29, 0.717) is 18.5 Å². The summed E-state index contributed by atoms with van der Waals surface area (Å²) in [4.78, 5) is 4.06. The molecule has 212 valence electrons. The number of nitrogens with zero attached hydrogens (tertiary/aromatic N) is 6. The first-order valence-corrected chi connectivity index (χ1v) is 14.5. The topological polar surface area (TPSA) is 85.9 Å². The summed E-state index contributed by atoms with van der Waals surface area (Å²) in [5.41, 5.74) is 3.19. The van der Waals surface area contributed by atoms with Crippen LogP contribution < -0.4 is 0 Å². The third kappa shape index (κ3) is 4.91. The normalized spacial score (nSPS) is 18.1. The molecule has 1 saturated heterocycles. The molecule has 0 N–H and O–H groups in total. The van der Waals surface area contributed by atoms with Crippen molar-refractivity contribution in [1.82, 2.24) is 28.9 Å². The van der Waals surface area contributed by atoms with Gasteiger partial charge in [0.25, 0.3) is 6.43 Å². The van der Waals surface area contributed by atoms with E-state index in [1.807, 2.05) is 19.1 Å². The fourth-order valence-corrected chi connectivity index (χ4v) is 7.29. The number of hydrogen-bond donors (Lipinski definition) is 0. The van der Waals surface area contributed by atoms with Gasteiger partial charge in [0.2, 0.25) is 10.0 Å². The molecular weight excluding hydrogens is 553 g/mol. The van der Waals surface area contributed by atoms with E-state index in [1.165, 1.54) is 45.8 Å². The highest BCUT2D eigenvalue weighted by Crippen LogP contribution is 2.42. The predicted molar refractivity (Wildman–Crippen MR) is 147 cm³/mol. The number of aryl methyl sites for hydroxylation is 2.